The fourth-order valence-electron chi connectivity index (χ4n) is 2.17. The molecule has 1 rings (SSSR count). The minimum Gasteiger partial charge on any atom is -0.313 e. The highest BCUT2D eigenvalue weighted by Crippen LogP contribution is 2.12. The van der Waals surface area contributed by atoms with Gasteiger partial charge in [0.05, 0.1) is 5.75 Å². The van der Waals surface area contributed by atoms with Gasteiger partial charge in [0.15, 0.2) is 0 Å². The summed E-state index contributed by atoms with van der Waals surface area (Å²) in [5, 5.41) is 3.39. The molecule has 100 valence electrons. The zero-order valence-electron chi connectivity index (χ0n) is 10.7. The molecule has 4 nitrogen and oxygen atoms in total. The second-order valence-corrected chi connectivity index (χ2v) is 6.59. The van der Waals surface area contributed by atoms with Crippen molar-refractivity contribution >= 4 is 10.0 Å². The molecule has 0 spiro atoms. The van der Waals surface area contributed by atoms with Gasteiger partial charge in [0.1, 0.15) is 0 Å². The molecular formula is C12H24N2O2S. The summed E-state index contributed by atoms with van der Waals surface area (Å²) in [5.74, 6) is 0.0414. The van der Waals surface area contributed by atoms with Crippen molar-refractivity contribution in [2.45, 2.75) is 38.6 Å². The Morgan fingerprint density at radius 3 is 2.76 bits per heavy atom. The Hall–Kier alpha value is -0.390. The lowest BCUT2D eigenvalue weighted by Crippen LogP contribution is -2.46. The van der Waals surface area contributed by atoms with Gasteiger partial charge < -0.3 is 5.32 Å². The second-order valence-electron chi connectivity index (χ2n) is 4.57. The van der Waals surface area contributed by atoms with Gasteiger partial charge in [-0.15, -0.1) is 6.58 Å². The first-order valence-electron chi connectivity index (χ1n) is 6.42. The largest absolute Gasteiger partial charge is 0.313 e. The van der Waals surface area contributed by atoms with Crippen molar-refractivity contribution in [2.24, 2.45) is 0 Å². The molecule has 1 unspecified atom stereocenters. The van der Waals surface area contributed by atoms with Crippen LogP contribution in [0.3, 0.4) is 0 Å². The summed E-state index contributed by atoms with van der Waals surface area (Å²) in [7, 11) is -3.16. The van der Waals surface area contributed by atoms with Gasteiger partial charge in [0, 0.05) is 19.1 Å². The van der Waals surface area contributed by atoms with Crippen LogP contribution in [-0.4, -0.2) is 44.2 Å². The molecule has 1 fully saturated rings. The van der Waals surface area contributed by atoms with Crippen LogP contribution in [0.5, 0.6) is 0 Å². The van der Waals surface area contributed by atoms with Crippen molar-refractivity contribution in [3.63, 3.8) is 0 Å². The maximum Gasteiger partial charge on any atom is 0.217 e. The number of nitrogens with zero attached hydrogens (tertiary/aromatic N) is 1. The molecule has 5 heteroatoms. The van der Waals surface area contributed by atoms with Gasteiger partial charge >= 0.3 is 0 Å². The van der Waals surface area contributed by atoms with Crippen molar-refractivity contribution in [3.05, 3.63) is 12.7 Å². The van der Waals surface area contributed by atoms with Crippen LogP contribution in [0.2, 0.25) is 0 Å². The molecule has 0 aromatic rings. The molecule has 1 atom stereocenters. The minimum absolute atomic E-state index is 0.0414. The predicted molar refractivity (Wildman–Crippen MR) is 71.5 cm³/mol. The average Bonchev–Trinajstić information content (AvgIpc) is 2.30. The van der Waals surface area contributed by atoms with Gasteiger partial charge in [-0.25, -0.2) is 12.7 Å². The van der Waals surface area contributed by atoms with E-state index in [0.717, 1.165) is 19.4 Å². The summed E-state index contributed by atoms with van der Waals surface area (Å²) in [6.07, 6.45) is 5.78. The van der Waals surface area contributed by atoms with Crippen LogP contribution in [0.15, 0.2) is 12.7 Å². The summed E-state index contributed by atoms with van der Waals surface area (Å²) in [6.45, 7) is 7.73. The Kier molecular flexibility index (Phi) is 6.16. The van der Waals surface area contributed by atoms with Crippen molar-refractivity contribution in [1.29, 1.82) is 0 Å². The van der Waals surface area contributed by atoms with E-state index in [2.05, 4.69) is 11.9 Å². The van der Waals surface area contributed by atoms with Crippen LogP contribution in [-0.2, 0) is 10.0 Å². The number of hydrogen-bond donors (Lipinski definition) is 1. The molecule has 0 radical (unpaired) electrons. The third-order valence-corrected chi connectivity index (χ3v) is 4.81. The van der Waals surface area contributed by atoms with Crippen molar-refractivity contribution < 1.29 is 8.42 Å². The maximum absolute atomic E-state index is 12.0. The van der Waals surface area contributed by atoms with E-state index in [4.69, 9.17) is 0 Å². The van der Waals surface area contributed by atoms with Gasteiger partial charge in [0.25, 0.3) is 0 Å². The van der Waals surface area contributed by atoms with Crippen molar-refractivity contribution in [2.75, 3.05) is 25.4 Å². The molecule has 1 heterocycles. The molecule has 1 N–H and O–H groups in total. The quantitative estimate of drug-likeness (QED) is 0.703. The lowest BCUT2D eigenvalue weighted by molar-refractivity contribution is 0.313. The van der Waals surface area contributed by atoms with E-state index in [1.807, 2.05) is 6.92 Å². The minimum atomic E-state index is -3.16. The zero-order chi connectivity index (χ0) is 12.7. The Balaban J connectivity index is 2.61. The van der Waals surface area contributed by atoms with E-state index in [1.165, 1.54) is 18.9 Å². The normalized spacial score (nSPS) is 21.6. The number of piperidine rings is 1. The average molecular weight is 260 g/mol. The van der Waals surface area contributed by atoms with E-state index < -0.39 is 10.0 Å². The van der Waals surface area contributed by atoms with Gasteiger partial charge in [-0.2, -0.15) is 0 Å². The van der Waals surface area contributed by atoms with Gasteiger partial charge in [-0.05, 0) is 25.8 Å². The van der Waals surface area contributed by atoms with Crippen LogP contribution in [0.25, 0.3) is 0 Å². The van der Waals surface area contributed by atoms with E-state index in [1.54, 1.807) is 4.31 Å². The second kappa shape index (κ2) is 7.13. The van der Waals surface area contributed by atoms with E-state index in [-0.39, 0.29) is 5.75 Å². The zero-order valence-corrected chi connectivity index (χ0v) is 11.5. The highest BCUT2D eigenvalue weighted by molar-refractivity contribution is 7.89. The van der Waals surface area contributed by atoms with E-state index >= 15 is 0 Å². The number of sulfonamides is 1. The molecule has 17 heavy (non-hydrogen) atoms. The molecule has 0 amide bonds. The Morgan fingerprint density at radius 2 is 2.24 bits per heavy atom. The molecule has 0 bridgehead atoms. The summed E-state index contributed by atoms with van der Waals surface area (Å²) < 4.78 is 25.7. The summed E-state index contributed by atoms with van der Waals surface area (Å²) in [4.78, 5) is 0. The first-order valence-corrected chi connectivity index (χ1v) is 8.03. The van der Waals surface area contributed by atoms with Crippen LogP contribution in [0, 0.1) is 0 Å². The van der Waals surface area contributed by atoms with Crippen LogP contribution >= 0.6 is 0 Å². The molecular weight excluding hydrogens is 236 g/mol. The fraction of sp³-hybridized carbons (Fsp3) is 0.833. The van der Waals surface area contributed by atoms with Crippen LogP contribution in [0.1, 0.15) is 32.6 Å². The smallest absolute Gasteiger partial charge is 0.217 e. The van der Waals surface area contributed by atoms with Crippen LogP contribution < -0.4 is 5.32 Å². The van der Waals surface area contributed by atoms with E-state index in [0.29, 0.717) is 19.1 Å². The van der Waals surface area contributed by atoms with Crippen molar-refractivity contribution in [1.82, 2.24) is 9.62 Å². The van der Waals surface area contributed by atoms with Crippen molar-refractivity contribution in [3.8, 4) is 0 Å². The first-order chi connectivity index (χ1) is 8.10. The Morgan fingerprint density at radius 1 is 1.47 bits per heavy atom. The summed E-state index contributed by atoms with van der Waals surface area (Å²) in [5.41, 5.74) is 0. The predicted octanol–water partition coefficient (Wildman–Crippen LogP) is 1.36. The molecule has 0 aromatic heterocycles. The molecule has 0 aliphatic carbocycles. The third-order valence-electron chi connectivity index (χ3n) is 3.03. The topological polar surface area (TPSA) is 49.4 Å². The molecule has 0 saturated carbocycles. The first kappa shape index (κ1) is 14.7. The highest BCUT2D eigenvalue weighted by atomic mass is 32.2. The number of nitrogens with one attached hydrogen (secondary N) is 1. The SMILES string of the molecule is C=CCS(=O)(=O)N(CCC)CC1CCCCN1. The Labute approximate surface area is 105 Å². The Bertz CT molecular complexity index is 321. The van der Waals surface area contributed by atoms with E-state index in [9.17, 15) is 8.42 Å². The maximum atomic E-state index is 12.0. The molecule has 0 aromatic carbocycles. The summed E-state index contributed by atoms with van der Waals surface area (Å²) in [6, 6.07) is 0.315. The number of hydrogen-bond acceptors (Lipinski definition) is 3. The lowest BCUT2D eigenvalue weighted by Gasteiger charge is -2.29. The van der Waals surface area contributed by atoms with Gasteiger partial charge in [-0.1, -0.05) is 19.4 Å². The molecule has 1 aliphatic rings. The standard InChI is InChI=1S/C12H24N2O2S/c1-3-9-14(17(15,16)10-4-2)11-12-7-5-6-8-13-12/h4,12-13H,2-3,5-11H2,1H3. The highest BCUT2D eigenvalue weighted by Gasteiger charge is 2.24. The lowest BCUT2D eigenvalue weighted by atomic mass is 10.1. The molecule has 1 saturated heterocycles. The van der Waals surface area contributed by atoms with Gasteiger partial charge in [-0.3, -0.25) is 0 Å². The fourth-order valence-corrected chi connectivity index (χ4v) is 3.55. The number of rotatable bonds is 7. The summed E-state index contributed by atoms with van der Waals surface area (Å²) >= 11 is 0. The van der Waals surface area contributed by atoms with Gasteiger partial charge in [0.2, 0.25) is 10.0 Å². The third kappa shape index (κ3) is 4.77. The van der Waals surface area contributed by atoms with Crippen LogP contribution in [0.4, 0.5) is 0 Å². The molecule has 1 aliphatic heterocycles. The monoisotopic (exact) mass is 260 g/mol.